The van der Waals surface area contributed by atoms with E-state index in [1.165, 1.54) is 0 Å². The van der Waals surface area contributed by atoms with Crippen molar-refractivity contribution in [2.24, 2.45) is 0 Å². The van der Waals surface area contributed by atoms with Crippen molar-refractivity contribution in [2.45, 2.75) is 5.54 Å². The minimum atomic E-state index is -5.21. The summed E-state index contributed by atoms with van der Waals surface area (Å²) in [6.45, 7) is 3.63. The summed E-state index contributed by atoms with van der Waals surface area (Å²) < 4.78 is 43.3. The summed E-state index contributed by atoms with van der Waals surface area (Å²) in [6, 6.07) is 23.1. The Morgan fingerprint density at radius 3 is 1.81 bits per heavy atom. The van der Waals surface area contributed by atoms with Gasteiger partial charge in [0.05, 0.1) is 7.11 Å². The van der Waals surface area contributed by atoms with E-state index in [0.29, 0.717) is 21.0 Å². The first-order chi connectivity index (χ1) is 14.3. The third-order valence-electron chi connectivity index (χ3n) is 5.31. The van der Waals surface area contributed by atoms with Gasteiger partial charge in [-0.05, 0) is 27.8 Å². The van der Waals surface area contributed by atoms with Crippen LogP contribution in [0.4, 0.5) is 0 Å². The number of nitrogens with zero attached hydrogens (tertiary/aromatic N) is 1. The number of esters is 1. The van der Waals surface area contributed by atoms with Crippen LogP contribution in [0.25, 0.3) is 11.1 Å². The molecule has 8 heteroatoms. The van der Waals surface area contributed by atoms with Gasteiger partial charge in [0.25, 0.3) is 0 Å². The third kappa shape index (κ3) is 3.52. The second kappa shape index (κ2) is 8.61. The molecule has 0 spiro atoms. The number of rotatable bonds is 5. The number of benzene rings is 3. The Bertz CT molecular complexity index is 1210. The van der Waals surface area contributed by atoms with Crippen molar-refractivity contribution in [1.29, 1.82) is 0 Å². The zero-order valence-electron chi connectivity index (χ0n) is 17.1. The molecular weight excluding hydrogens is 425 g/mol. The number of hydrogen-bond acceptors (Lipinski definition) is 5. The molecule has 0 N–H and O–H groups in total. The smallest absolute Gasteiger partial charge is 0.731 e. The number of methoxy groups -OCH3 is 1. The minimum absolute atomic E-state index is 0. The maximum atomic E-state index is 12.7. The second-order valence-corrected chi connectivity index (χ2v) is 8.05. The molecule has 0 aromatic heterocycles. The van der Waals surface area contributed by atoms with Crippen molar-refractivity contribution < 1.29 is 52.1 Å². The molecule has 152 valence electrons. The Balaban J connectivity index is 0.00000272. The summed E-state index contributed by atoms with van der Waals surface area (Å²) in [5, 5.41) is 0. The third-order valence-corrected chi connectivity index (χ3v) is 6.25. The van der Waals surface area contributed by atoms with E-state index in [-0.39, 0.29) is 29.6 Å². The summed E-state index contributed by atoms with van der Waals surface area (Å²) in [7, 11) is -4.11. The fraction of sp³-hybridized carbons (Fsp3) is 0.0870. The molecule has 0 amide bonds. The summed E-state index contributed by atoms with van der Waals surface area (Å²) in [5.74, 6) is -1.01. The minimum Gasteiger partial charge on any atom is -0.731 e. The van der Waals surface area contributed by atoms with E-state index in [0.717, 1.165) is 18.2 Å². The largest absolute Gasteiger partial charge is 1.00 e. The molecule has 0 heterocycles. The molecule has 0 atom stereocenters. The van der Waals surface area contributed by atoms with Crippen LogP contribution in [0.3, 0.4) is 0 Å². The monoisotopic (exact) mass is 443 g/mol. The van der Waals surface area contributed by atoms with Gasteiger partial charge in [0, 0.05) is 0 Å². The summed E-state index contributed by atoms with van der Waals surface area (Å²) >= 11 is 0. The fourth-order valence-corrected chi connectivity index (χ4v) is 5.23. The molecule has 3 aromatic rings. The topological polar surface area (TPSA) is 86.7 Å². The van der Waals surface area contributed by atoms with Crippen LogP contribution in [0.15, 0.2) is 91.1 Å². The Morgan fingerprint density at radius 1 is 0.903 bits per heavy atom. The first kappa shape index (κ1) is 23.2. The van der Waals surface area contributed by atoms with Crippen LogP contribution < -0.4 is 29.6 Å². The van der Waals surface area contributed by atoms with E-state index in [1.807, 2.05) is 24.3 Å². The Kier molecular flexibility index (Phi) is 6.45. The van der Waals surface area contributed by atoms with Crippen LogP contribution >= 0.6 is 0 Å². The van der Waals surface area contributed by atoms with Crippen molar-refractivity contribution in [3.8, 4) is 11.1 Å². The normalized spacial score (nSPS) is 13.4. The Hall–Kier alpha value is -2.42. The van der Waals surface area contributed by atoms with E-state index in [9.17, 15) is 17.8 Å². The zero-order valence-corrected chi connectivity index (χ0v) is 19.9. The van der Waals surface area contributed by atoms with Crippen molar-refractivity contribution in [3.05, 3.63) is 108 Å². The molecule has 0 fully saturated rings. The zero-order chi connectivity index (χ0) is 21.5. The SMILES string of the molecule is C=C(C(=O)OC)N(C1(c2ccccc2)c2ccccc2-c2ccccc21)S(=O)(=O)[O-].[Na+]. The van der Waals surface area contributed by atoms with Crippen molar-refractivity contribution >= 4 is 16.3 Å². The van der Waals surface area contributed by atoms with Crippen LogP contribution in [0.2, 0.25) is 0 Å². The predicted molar refractivity (Wildman–Crippen MR) is 111 cm³/mol. The van der Waals surface area contributed by atoms with E-state index >= 15 is 0 Å². The molecule has 1 aliphatic carbocycles. The Labute approximate surface area is 203 Å². The van der Waals surface area contributed by atoms with Gasteiger partial charge in [-0.25, -0.2) is 13.2 Å². The van der Waals surface area contributed by atoms with Gasteiger partial charge in [-0.3, -0.25) is 4.31 Å². The molecular formula is C23H18NNaO5S. The standard InChI is InChI=1S/C23H19NO5S.Na/c1-16(22(25)29-2)24(30(26,27)28)23(17-10-4-3-5-11-17)20-14-8-6-12-18(20)19-13-7-9-15-21(19)23;/h3-15H,1H2,2H3,(H,26,27,28);/q;+1/p-1. The van der Waals surface area contributed by atoms with E-state index in [2.05, 4.69) is 6.58 Å². The van der Waals surface area contributed by atoms with Crippen LogP contribution in [-0.4, -0.2) is 30.4 Å². The van der Waals surface area contributed by atoms with Gasteiger partial charge in [-0.1, -0.05) is 85.4 Å². The number of fused-ring (bicyclic) bond motifs is 3. The molecule has 0 radical (unpaired) electrons. The molecule has 3 aromatic carbocycles. The summed E-state index contributed by atoms with van der Waals surface area (Å²) in [4.78, 5) is 12.4. The second-order valence-electron chi connectivity index (χ2n) is 6.83. The average molecular weight is 443 g/mol. The number of ether oxygens (including phenoxy) is 1. The van der Waals surface area contributed by atoms with E-state index in [1.54, 1.807) is 54.6 Å². The summed E-state index contributed by atoms with van der Waals surface area (Å²) in [6.07, 6.45) is 0. The van der Waals surface area contributed by atoms with Crippen LogP contribution in [-0.2, 0) is 25.4 Å². The molecule has 4 rings (SSSR count). The van der Waals surface area contributed by atoms with Crippen molar-refractivity contribution in [1.82, 2.24) is 4.31 Å². The average Bonchev–Trinajstić information content (AvgIpc) is 3.04. The molecule has 31 heavy (non-hydrogen) atoms. The number of carbonyl (C=O) groups excluding carboxylic acids is 1. The number of hydrogen-bond donors (Lipinski definition) is 0. The predicted octanol–water partition coefficient (Wildman–Crippen LogP) is 0.412. The van der Waals surface area contributed by atoms with E-state index < -0.39 is 27.5 Å². The number of carbonyl (C=O) groups is 1. The molecule has 0 bridgehead atoms. The maximum Gasteiger partial charge on any atom is 1.00 e. The van der Waals surface area contributed by atoms with Gasteiger partial charge < -0.3 is 9.29 Å². The summed E-state index contributed by atoms with van der Waals surface area (Å²) in [5.41, 5.74) is 0.977. The van der Waals surface area contributed by atoms with Crippen molar-refractivity contribution in [3.63, 3.8) is 0 Å². The van der Waals surface area contributed by atoms with Gasteiger partial charge in [-0.2, -0.15) is 0 Å². The molecule has 0 saturated carbocycles. The fourth-order valence-electron chi connectivity index (χ4n) is 4.24. The van der Waals surface area contributed by atoms with Gasteiger partial charge in [-0.15, -0.1) is 0 Å². The maximum absolute atomic E-state index is 12.7. The quantitative estimate of drug-likeness (QED) is 0.247. The first-order valence-electron chi connectivity index (χ1n) is 9.12. The van der Waals surface area contributed by atoms with Gasteiger partial charge >= 0.3 is 35.5 Å². The van der Waals surface area contributed by atoms with Crippen LogP contribution in [0.1, 0.15) is 16.7 Å². The van der Waals surface area contributed by atoms with Crippen molar-refractivity contribution in [2.75, 3.05) is 7.11 Å². The molecule has 1 aliphatic rings. The first-order valence-corrected chi connectivity index (χ1v) is 10.5. The van der Waals surface area contributed by atoms with Gasteiger partial charge in [0.1, 0.15) is 11.2 Å². The van der Waals surface area contributed by atoms with Crippen LogP contribution in [0.5, 0.6) is 0 Å². The molecule has 0 unspecified atom stereocenters. The van der Waals surface area contributed by atoms with Gasteiger partial charge in [0.15, 0.2) is 10.3 Å². The van der Waals surface area contributed by atoms with Crippen LogP contribution in [0, 0.1) is 0 Å². The molecule has 0 aliphatic heterocycles. The van der Waals surface area contributed by atoms with E-state index in [4.69, 9.17) is 4.74 Å². The molecule has 0 saturated heterocycles. The van der Waals surface area contributed by atoms with Gasteiger partial charge in [0.2, 0.25) is 0 Å². The molecule has 6 nitrogen and oxygen atoms in total. The Morgan fingerprint density at radius 2 is 1.35 bits per heavy atom.